The van der Waals surface area contributed by atoms with Crippen molar-refractivity contribution in [1.82, 2.24) is 4.98 Å². The third kappa shape index (κ3) is 2.25. The molecule has 0 saturated heterocycles. The van der Waals surface area contributed by atoms with E-state index in [1.165, 1.54) is 6.07 Å². The quantitative estimate of drug-likeness (QED) is 0.732. The molecule has 1 heterocycles. The van der Waals surface area contributed by atoms with Gasteiger partial charge in [-0.15, -0.1) is 0 Å². The lowest BCUT2D eigenvalue weighted by molar-refractivity contribution is 0.179. The second kappa shape index (κ2) is 4.13. The number of nitrogens with two attached hydrogens (primary N) is 1. The largest absolute Gasteiger partial charge is 0.383 e. The van der Waals surface area contributed by atoms with Crippen molar-refractivity contribution in [3.05, 3.63) is 29.8 Å². The molecule has 0 aliphatic heterocycles. The zero-order valence-corrected chi connectivity index (χ0v) is 6.83. The molecule has 0 unspecified atom stereocenters. The van der Waals surface area contributed by atoms with Crippen LogP contribution in [0.5, 0.6) is 0 Å². The minimum absolute atomic E-state index is 0.282. The Labute approximate surface area is 70.4 Å². The number of halogens is 1. The summed E-state index contributed by atoms with van der Waals surface area (Å²) in [6.45, 7) is 0.388. The Morgan fingerprint density at radius 3 is 2.92 bits per heavy atom. The lowest BCUT2D eigenvalue weighted by Crippen LogP contribution is -2.17. The molecule has 0 aliphatic carbocycles. The maximum atomic E-state index is 12.4. The second-order valence-corrected chi connectivity index (χ2v) is 2.46. The molecule has 2 N–H and O–H groups in total. The van der Waals surface area contributed by atoms with E-state index in [-0.39, 0.29) is 11.9 Å². The summed E-state index contributed by atoms with van der Waals surface area (Å²) >= 11 is 0. The molecule has 4 heteroatoms. The topological polar surface area (TPSA) is 48.1 Å². The average Bonchev–Trinajstić information content (AvgIpc) is 2.06. The van der Waals surface area contributed by atoms with E-state index in [2.05, 4.69) is 4.98 Å². The van der Waals surface area contributed by atoms with E-state index in [0.29, 0.717) is 12.3 Å². The number of ether oxygens (including phenoxy) is 1. The summed E-state index contributed by atoms with van der Waals surface area (Å²) in [5, 5.41) is 0. The number of aromatic nitrogens is 1. The summed E-state index contributed by atoms with van der Waals surface area (Å²) in [7, 11) is 1.56. The third-order valence-corrected chi connectivity index (χ3v) is 1.48. The van der Waals surface area contributed by atoms with Crippen LogP contribution in [-0.2, 0) is 4.74 Å². The molecule has 1 aromatic heterocycles. The molecular weight excluding hydrogens is 159 g/mol. The maximum Gasteiger partial charge on any atom is 0.141 e. The lowest BCUT2D eigenvalue weighted by Gasteiger charge is -2.08. The molecule has 0 radical (unpaired) electrons. The molecule has 0 spiro atoms. The smallest absolute Gasteiger partial charge is 0.141 e. The Morgan fingerprint density at radius 1 is 1.67 bits per heavy atom. The highest BCUT2D eigenvalue weighted by molar-refractivity contribution is 5.09. The fourth-order valence-electron chi connectivity index (χ4n) is 0.872. The standard InChI is InChI=1S/C8H11FN2O/c1-12-5-7(10)8-3-2-6(9)4-11-8/h2-4,7H,5,10H2,1H3/t7-/m0/s1. The van der Waals surface area contributed by atoms with Crippen LogP contribution in [0.15, 0.2) is 18.3 Å². The van der Waals surface area contributed by atoms with Crippen molar-refractivity contribution >= 4 is 0 Å². The molecular formula is C8H11FN2O. The number of hydrogen-bond acceptors (Lipinski definition) is 3. The summed E-state index contributed by atoms with van der Waals surface area (Å²) < 4.78 is 17.2. The van der Waals surface area contributed by atoms with E-state index in [1.54, 1.807) is 13.2 Å². The minimum Gasteiger partial charge on any atom is -0.383 e. The van der Waals surface area contributed by atoms with Crippen LogP contribution in [-0.4, -0.2) is 18.7 Å². The van der Waals surface area contributed by atoms with Gasteiger partial charge in [-0.05, 0) is 12.1 Å². The van der Waals surface area contributed by atoms with E-state index >= 15 is 0 Å². The van der Waals surface area contributed by atoms with Crippen molar-refractivity contribution in [2.24, 2.45) is 5.73 Å². The van der Waals surface area contributed by atoms with Gasteiger partial charge in [-0.1, -0.05) is 0 Å². The van der Waals surface area contributed by atoms with Gasteiger partial charge in [0.05, 0.1) is 24.5 Å². The van der Waals surface area contributed by atoms with Crippen LogP contribution in [0, 0.1) is 5.82 Å². The highest BCUT2D eigenvalue weighted by Crippen LogP contribution is 2.06. The van der Waals surface area contributed by atoms with Crippen LogP contribution in [0.3, 0.4) is 0 Å². The van der Waals surface area contributed by atoms with Crippen molar-refractivity contribution in [2.75, 3.05) is 13.7 Å². The van der Waals surface area contributed by atoms with Gasteiger partial charge in [-0.25, -0.2) is 4.39 Å². The molecule has 0 aromatic carbocycles. The first-order valence-electron chi connectivity index (χ1n) is 3.60. The molecule has 0 fully saturated rings. The van der Waals surface area contributed by atoms with Crippen molar-refractivity contribution in [3.8, 4) is 0 Å². The highest BCUT2D eigenvalue weighted by atomic mass is 19.1. The van der Waals surface area contributed by atoms with E-state index in [9.17, 15) is 4.39 Å². The van der Waals surface area contributed by atoms with Gasteiger partial charge in [-0.3, -0.25) is 4.98 Å². The fraction of sp³-hybridized carbons (Fsp3) is 0.375. The predicted octanol–water partition coefficient (Wildman–Crippen LogP) is 0.867. The van der Waals surface area contributed by atoms with E-state index < -0.39 is 0 Å². The number of nitrogens with zero attached hydrogens (tertiary/aromatic N) is 1. The van der Waals surface area contributed by atoms with Crippen molar-refractivity contribution in [1.29, 1.82) is 0 Å². The van der Waals surface area contributed by atoms with E-state index in [1.807, 2.05) is 0 Å². The number of hydrogen-bond donors (Lipinski definition) is 1. The van der Waals surface area contributed by atoms with Crippen LogP contribution in [0.4, 0.5) is 4.39 Å². The van der Waals surface area contributed by atoms with Gasteiger partial charge in [0.15, 0.2) is 0 Å². The van der Waals surface area contributed by atoms with Gasteiger partial charge in [0, 0.05) is 7.11 Å². The minimum atomic E-state index is -0.358. The first-order chi connectivity index (χ1) is 5.74. The Bertz CT molecular complexity index is 237. The van der Waals surface area contributed by atoms with Gasteiger partial charge in [0.25, 0.3) is 0 Å². The van der Waals surface area contributed by atoms with Gasteiger partial charge < -0.3 is 10.5 Å². The third-order valence-electron chi connectivity index (χ3n) is 1.48. The van der Waals surface area contributed by atoms with Gasteiger partial charge in [0.2, 0.25) is 0 Å². The summed E-state index contributed by atoms with van der Waals surface area (Å²) in [5.41, 5.74) is 6.28. The van der Waals surface area contributed by atoms with Crippen molar-refractivity contribution in [3.63, 3.8) is 0 Å². The molecule has 66 valence electrons. The highest BCUT2D eigenvalue weighted by Gasteiger charge is 2.05. The SMILES string of the molecule is COC[C@H](N)c1ccc(F)cn1. The zero-order chi connectivity index (χ0) is 8.97. The summed E-state index contributed by atoms with van der Waals surface area (Å²) in [4.78, 5) is 3.82. The summed E-state index contributed by atoms with van der Waals surface area (Å²) in [6.07, 6.45) is 1.14. The summed E-state index contributed by atoms with van der Waals surface area (Å²) in [6, 6.07) is 2.60. The molecule has 12 heavy (non-hydrogen) atoms. The van der Waals surface area contributed by atoms with Crippen LogP contribution in [0.1, 0.15) is 11.7 Å². The molecule has 0 amide bonds. The molecule has 1 rings (SSSR count). The van der Waals surface area contributed by atoms with Crippen LogP contribution < -0.4 is 5.73 Å². The average molecular weight is 170 g/mol. The van der Waals surface area contributed by atoms with Crippen LogP contribution in [0.2, 0.25) is 0 Å². The van der Waals surface area contributed by atoms with Gasteiger partial charge in [0.1, 0.15) is 5.82 Å². The Kier molecular flexibility index (Phi) is 3.13. The van der Waals surface area contributed by atoms with Gasteiger partial charge >= 0.3 is 0 Å². The van der Waals surface area contributed by atoms with Crippen LogP contribution >= 0.6 is 0 Å². The second-order valence-electron chi connectivity index (χ2n) is 2.46. The number of rotatable bonds is 3. The predicted molar refractivity (Wildman–Crippen MR) is 43.0 cm³/mol. The Morgan fingerprint density at radius 2 is 2.42 bits per heavy atom. The molecule has 0 aliphatic rings. The van der Waals surface area contributed by atoms with Gasteiger partial charge in [-0.2, -0.15) is 0 Å². The Balaban J connectivity index is 2.68. The fourth-order valence-corrected chi connectivity index (χ4v) is 0.872. The first kappa shape index (κ1) is 9.09. The number of pyridine rings is 1. The molecule has 1 atom stereocenters. The molecule has 3 nitrogen and oxygen atoms in total. The van der Waals surface area contributed by atoms with Crippen LogP contribution in [0.25, 0.3) is 0 Å². The monoisotopic (exact) mass is 170 g/mol. The van der Waals surface area contributed by atoms with Crippen molar-refractivity contribution in [2.45, 2.75) is 6.04 Å². The first-order valence-corrected chi connectivity index (χ1v) is 3.60. The molecule has 0 bridgehead atoms. The summed E-state index contributed by atoms with van der Waals surface area (Å²) in [5.74, 6) is -0.358. The lowest BCUT2D eigenvalue weighted by atomic mass is 10.2. The number of methoxy groups -OCH3 is 1. The van der Waals surface area contributed by atoms with E-state index in [0.717, 1.165) is 6.20 Å². The maximum absolute atomic E-state index is 12.4. The normalized spacial score (nSPS) is 12.9. The molecule has 0 saturated carbocycles. The Hall–Kier alpha value is -1.00. The van der Waals surface area contributed by atoms with E-state index in [4.69, 9.17) is 10.5 Å². The molecule has 1 aromatic rings. The van der Waals surface area contributed by atoms with Crippen molar-refractivity contribution < 1.29 is 9.13 Å². The zero-order valence-electron chi connectivity index (χ0n) is 6.83.